The van der Waals surface area contributed by atoms with Gasteiger partial charge in [0.05, 0.1) is 16.6 Å². The number of nitrogens with one attached hydrogen (secondary N) is 2. The van der Waals surface area contributed by atoms with Crippen LogP contribution in [0.3, 0.4) is 0 Å². The third-order valence-electron chi connectivity index (χ3n) is 5.25. The Labute approximate surface area is 217 Å². The van der Waals surface area contributed by atoms with Crippen LogP contribution >= 0.6 is 11.6 Å². The molecule has 3 aromatic rings. The lowest BCUT2D eigenvalue weighted by molar-refractivity contribution is 0.0601. The summed E-state index contributed by atoms with van der Waals surface area (Å²) in [5.41, 5.74) is 0.638. The minimum atomic E-state index is -1.34. The highest BCUT2D eigenvalue weighted by Gasteiger charge is 2.32. The van der Waals surface area contributed by atoms with Crippen molar-refractivity contribution in [2.45, 2.75) is 38.7 Å². The molecule has 0 bridgehead atoms. The van der Waals surface area contributed by atoms with Crippen LogP contribution in [0.25, 0.3) is 11.4 Å². The first-order chi connectivity index (χ1) is 17.6. The third kappa shape index (κ3) is 6.94. The van der Waals surface area contributed by atoms with Crippen LogP contribution in [0.2, 0.25) is 5.02 Å². The molecule has 4 rings (SSSR count). The molecular weight excluding hydrogens is 502 g/mol. The molecule has 12 nitrogen and oxygen atoms in total. The number of hydrogen-bond acceptors (Lipinski definition) is 8. The van der Waals surface area contributed by atoms with Gasteiger partial charge in [-0.1, -0.05) is 28.9 Å². The molecule has 1 aliphatic rings. The Morgan fingerprint density at radius 2 is 2.03 bits per heavy atom. The van der Waals surface area contributed by atoms with Crippen LogP contribution in [-0.4, -0.2) is 62.0 Å². The minimum absolute atomic E-state index is 0.116. The maximum Gasteiger partial charge on any atom is 0.437 e. The smallest absolute Gasteiger partial charge is 0.437 e. The summed E-state index contributed by atoms with van der Waals surface area (Å²) in [6.45, 7) is 5.84. The predicted molar refractivity (Wildman–Crippen MR) is 136 cm³/mol. The molecule has 194 valence electrons. The second-order valence-corrected chi connectivity index (χ2v) is 9.68. The molecule has 0 unspecified atom stereocenters. The zero-order chi connectivity index (χ0) is 26.6. The van der Waals surface area contributed by atoms with E-state index < -0.39 is 17.8 Å². The number of para-hydroxylation sites is 1. The summed E-state index contributed by atoms with van der Waals surface area (Å²) in [6.07, 6.45) is -0.0163. The van der Waals surface area contributed by atoms with Crippen molar-refractivity contribution in [3.05, 3.63) is 53.5 Å². The summed E-state index contributed by atoms with van der Waals surface area (Å²) in [6, 6.07) is 10.9. The van der Waals surface area contributed by atoms with Gasteiger partial charge in [0, 0.05) is 24.8 Å². The molecule has 0 saturated carbocycles. The molecule has 0 radical (unpaired) electrons. The number of carboxylic acid groups (broad SMARTS) is 1. The van der Waals surface area contributed by atoms with Gasteiger partial charge in [0.15, 0.2) is 0 Å². The molecule has 1 aliphatic heterocycles. The number of aromatic nitrogens is 3. The molecule has 1 aromatic carbocycles. The zero-order valence-corrected chi connectivity index (χ0v) is 21.2. The number of hydrogen-bond donors (Lipinski definition) is 3. The molecule has 0 aliphatic carbocycles. The summed E-state index contributed by atoms with van der Waals surface area (Å²) >= 11 is 6.18. The van der Waals surface area contributed by atoms with Gasteiger partial charge < -0.3 is 24.6 Å². The minimum Gasteiger partial charge on any atom is -0.465 e. The Hall–Kier alpha value is -4.19. The Morgan fingerprint density at radius 3 is 2.70 bits per heavy atom. The molecule has 3 heterocycles. The lowest BCUT2D eigenvalue weighted by Gasteiger charge is -2.21. The van der Waals surface area contributed by atoms with Crippen molar-refractivity contribution in [1.82, 2.24) is 25.3 Å². The zero-order valence-electron chi connectivity index (χ0n) is 20.4. The van der Waals surface area contributed by atoms with Gasteiger partial charge in [-0.15, -0.1) is 4.99 Å². The molecule has 3 N–H and O–H groups in total. The molecule has 2 aromatic heterocycles. The fraction of sp³-hybridized carbons (Fsp3) is 0.333. The number of ether oxygens (including phenoxy) is 1. The summed E-state index contributed by atoms with van der Waals surface area (Å²) < 4.78 is 10.7. The van der Waals surface area contributed by atoms with Crippen molar-refractivity contribution < 1.29 is 24.0 Å². The number of aliphatic imine (C=N–C) groups is 1. The standard InChI is InChI=1S/C24H26ClN7O5/c1-24(2,3)36-23(35)30-21(29-22(33)34)32-11-10-15(13-32)20-28-19(31-37-20)14-8-9-18(26-12-14)27-17-7-5-4-6-16(17)25/h4-9,12,15H,10-11,13H2,1-3H3,(H,26,27)(H,33,34)(H,29,30,35)/t15-/m1/s1. The second kappa shape index (κ2) is 10.8. The summed E-state index contributed by atoms with van der Waals surface area (Å²) in [7, 11) is 0. The summed E-state index contributed by atoms with van der Waals surface area (Å²) in [4.78, 5) is 37.7. The number of amides is 2. The van der Waals surface area contributed by atoms with Crippen molar-refractivity contribution in [3.63, 3.8) is 0 Å². The average Bonchev–Trinajstić information content (AvgIpc) is 3.49. The van der Waals surface area contributed by atoms with E-state index in [2.05, 4.69) is 30.8 Å². The van der Waals surface area contributed by atoms with E-state index in [0.717, 1.165) is 5.69 Å². The van der Waals surface area contributed by atoms with Gasteiger partial charge in [-0.3, -0.25) is 5.32 Å². The monoisotopic (exact) mass is 527 g/mol. The van der Waals surface area contributed by atoms with Gasteiger partial charge >= 0.3 is 12.2 Å². The van der Waals surface area contributed by atoms with Crippen LogP contribution < -0.4 is 10.6 Å². The highest BCUT2D eigenvalue weighted by atomic mass is 35.5. The Kier molecular flexibility index (Phi) is 7.58. The number of nitrogens with zero attached hydrogens (tertiary/aromatic N) is 5. The van der Waals surface area contributed by atoms with Crippen LogP contribution in [0.1, 0.15) is 39.0 Å². The van der Waals surface area contributed by atoms with Crippen LogP contribution in [0.15, 0.2) is 52.1 Å². The van der Waals surface area contributed by atoms with E-state index in [4.69, 9.17) is 20.9 Å². The Balaban J connectivity index is 1.43. The number of rotatable bonds is 4. The number of halogens is 1. The first-order valence-corrected chi connectivity index (χ1v) is 11.8. The number of guanidine groups is 1. The van der Waals surface area contributed by atoms with Gasteiger partial charge in [-0.2, -0.15) is 4.98 Å². The molecule has 13 heteroatoms. The van der Waals surface area contributed by atoms with E-state index in [1.807, 2.05) is 24.3 Å². The fourth-order valence-electron chi connectivity index (χ4n) is 3.62. The molecule has 0 spiro atoms. The van der Waals surface area contributed by atoms with Crippen molar-refractivity contribution in [1.29, 1.82) is 0 Å². The van der Waals surface area contributed by atoms with Gasteiger partial charge in [0.2, 0.25) is 17.7 Å². The average molecular weight is 528 g/mol. The van der Waals surface area contributed by atoms with Gasteiger partial charge in [-0.25, -0.2) is 14.6 Å². The third-order valence-corrected chi connectivity index (χ3v) is 5.58. The normalized spacial score (nSPS) is 15.9. The maximum absolute atomic E-state index is 12.1. The van der Waals surface area contributed by atoms with Crippen molar-refractivity contribution in [2.24, 2.45) is 4.99 Å². The SMILES string of the molecule is CC(C)(C)OC(=O)N=C(NC(=O)O)N1CC[C@@H](c2nc(-c3ccc(Nc4ccccc4Cl)nc3)no2)C1. The summed E-state index contributed by atoms with van der Waals surface area (Å²) in [5.74, 6) is 1.07. The fourth-order valence-corrected chi connectivity index (χ4v) is 3.80. The molecule has 1 atom stereocenters. The van der Waals surface area contributed by atoms with Gasteiger partial charge in [0.25, 0.3) is 0 Å². The van der Waals surface area contributed by atoms with E-state index in [-0.39, 0.29) is 11.9 Å². The predicted octanol–water partition coefficient (Wildman–Crippen LogP) is 4.88. The molecule has 2 amide bonds. The molecule has 37 heavy (non-hydrogen) atoms. The van der Waals surface area contributed by atoms with Crippen LogP contribution in [0.5, 0.6) is 0 Å². The van der Waals surface area contributed by atoms with Crippen molar-refractivity contribution >= 4 is 41.3 Å². The highest BCUT2D eigenvalue weighted by Crippen LogP contribution is 2.29. The van der Waals surface area contributed by atoms with E-state index in [1.165, 1.54) is 0 Å². The lowest BCUT2D eigenvalue weighted by atomic mass is 10.1. The largest absolute Gasteiger partial charge is 0.465 e. The van der Waals surface area contributed by atoms with Crippen molar-refractivity contribution in [3.8, 4) is 11.4 Å². The van der Waals surface area contributed by atoms with Crippen molar-refractivity contribution in [2.75, 3.05) is 18.4 Å². The van der Waals surface area contributed by atoms with E-state index in [9.17, 15) is 14.7 Å². The first kappa shape index (κ1) is 25.9. The molecular formula is C24H26ClN7O5. The quantitative estimate of drug-likeness (QED) is 0.316. The van der Waals surface area contributed by atoms with E-state index in [0.29, 0.717) is 47.6 Å². The van der Waals surface area contributed by atoms with Crippen LogP contribution in [-0.2, 0) is 4.74 Å². The second-order valence-electron chi connectivity index (χ2n) is 9.27. The van der Waals surface area contributed by atoms with Gasteiger partial charge in [-0.05, 0) is 51.5 Å². The van der Waals surface area contributed by atoms with Gasteiger partial charge in [0.1, 0.15) is 11.4 Å². The topological polar surface area (TPSA) is 155 Å². The Morgan fingerprint density at radius 1 is 1.24 bits per heavy atom. The number of pyridine rings is 1. The molecule has 1 fully saturated rings. The number of carbonyl (C=O) groups is 2. The summed E-state index contributed by atoms with van der Waals surface area (Å²) in [5, 5.41) is 19.2. The maximum atomic E-state index is 12.1. The number of likely N-dealkylation sites (tertiary alicyclic amines) is 1. The lowest BCUT2D eigenvalue weighted by Crippen LogP contribution is -2.43. The van der Waals surface area contributed by atoms with Crippen LogP contribution in [0, 0.1) is 0 Å². The molecule has 1 saturated heterocycles. The first-order valence-electron chi connectivity index (χ1n) is 11.5. The number of carbonyl (C=O) groups excluding carboxylic acids is 1. The number of anilines is 2. The van der Waals surface area contributed by atoms with Crippen LogP contribution in [0.4, 0.5) is 21.1 Å². The van der Waals surface area contributed by atoms with E-state index in [1.54, 1.807) is 44.0 Å². The van der Waals surface area contributed by atoms with E-state index >= 15 is 0 Å². The Bertz CT molecular complexity index is 1300. The highest BCUT2D eigenvalue weighted by molar-refractivity contribution is 6.33. The number of benzene rings is 1.